The van der Waals surface area contributed by atoms with Crippen LogP contribution in [0, 0.1) is 0 Å². The van der Waals surface area contributed by atoms with E-state index in [-0.39, 0.29) is 17.4 Å². The third kappa shape index (κ3) is 2.57. The number of imidazole rings is 1. The number of sulfone groups is 1. The molecule has 2 aliphatic heterocycles. The lowest BCUT2D eigenvalue weighted by Gasteiger charge is -2.16. The molecule has 0 unspecified atom stereocenters. The highest BCUT2D eigenvalue weighted by atomic mass is 32.2. The highest BCUT2D eigenvalue weighted by Gasteiger charge is 2.31. The number of hydrogen-bond acceptors (Lipinski definition) is 4. The van der Waals surface area contributed by atoms with Gasteiger partial charge in [0.15, 0.2) is 9.84 Å². The van der Waals surface area contributed by atoms with Crippen molar-refractivity contribution < 1.29 is 13.2 Å². The SMILES string of the molecule is CC1(C)Cc2cc(-c3nccn3[C@@H]3C=CS(=O)(=O)C3)ccc2O1. The molecule has 0 fully saturated rings. The Hall–Kier alpha value is -2.08. The number of hydrogen-bond donors (Lipinski definition) is 0. The molecule has 0 aliphatic carbocycles. The number of ether oxygens (including phenoxy) is 1. The molecule has 0 bridgehead atoms. The van der Waals surface area contributed by atoms with E-state index in [4.69, 9.17) is 4.74 Å². The zero-order chi connectivity index (χ0) is 16.2. The first-order valence-corrected chi connectivity index (χ1v) is 9.31. The molecule has 1 aromatic heterocycles. The van der Waals surface area contributed by atoms with Gasteiger partial charge < -0.3 is 9.30 Å². The molecule has 6 heteroatoms. The largest absolute Gasteiger partial charge is 0.487 e. The Labute approximate surface area is 135 Å². The van der Waals surface area contributed by atoms with Gasteiger partial charge in [0.05, 0.1) is 11.8 Å². The van der Waals surface area contributed by atoms with Gasteiger partial charge in [0.25, 0.3) is 0 Å². The monoisotopic (exact) mass is 330 g/mol. The van der Waals surface area contributed by atoms with Crippen molar-refractivity contribution in [2.75, 3.05) is 5.75 Å². The van der Waals surface area contributed by atoms with Crippen molar-refractivity contribution in [3.8, 4) is 17.1 Å². The summed E-state index contributed by atoms with van der Waals surface area (Å²) in [5.41, 5.74) is 1.96. The fraction of sp³-hybridized carbons (Fsp3) is 0.353. The van der Waals surface area contributed by atoms with Crippen LogP contribution in [0.3, 0.4) is 0 Å². The van der Waals surface area contributed by atoms with E-state index >= 15 is 0 Å². The van der Waals surface area contributed by atoms with Crippen LogP contribution in [0.4, 0.5) is 0 Å². The normalized spacial score (nSPS) is 23.7. The Morgan fingerprint density at radius 3 is 2.91 bits per heavy atom. The number of rotatable bonds is 2. The maximum absolute atomic E-state index is 11.7. The maximum Gasteiger partial charge on any atom is 0.173 e. The van der Waals surface area contributed by atoms with Crippen LogP contribution in [0.1, 0.15) is 25.5 Å². The molecule has 0 N–H and O–H groups in total. The van der Waals surface area contributed by atoms with Crippen LogP contribution in [0.5, 0.6) is 5.75 Å². The first-order chi connectivity index (χ1) is 10.8. The van der Waals surface area contributed by atoms with Crippen molar-refractivity contribution in [2.24, 2.45) is 0 Å². The van der Waals surface area contributed by atoms with Gasteiger partial charge in [-0.15, -0.1) is 0 Å². The Morgan fingerprint density at radius 2 is 2.17 bits per heavy atom. The summed E-state index contributed by atoms with van der Waals surface area (Å²) in [6, 6.07) is 5.85. The average molecular weight is 330 g/mol. The van der Waals surface area contributed by atoms with E-state index in [2.05, 4.69) is 24.9 Å². The third-order valence-electron chi connectivity index (χ3n) is 4.26. The zero-order valence-electron chi connectivity index (χ0n) is 13.1. The van der Waals surface area contributed by atoms with E-state index in [1.165, 1.54) is 5.41 Å². The number of allylic oxidation sites excluding steroid dienone is 1. The van der Waals surface area contributed by atoms with Crippen LogP contribution >= 0.6 is 0 Å². The minimum atomic E-state index is -3.09. The topological polar surface area (TPSA) is 61.2 Å². The molecule has 2 aliphatic rings. The van der Waals surface area contributed by atoms with Gasteiger partial charge in [-0.25, -0.2) is 13.4 Å². The minimum Gasteiger partial charge on any atom is -0.487 e. The van der Waals surface area contributed by atoms with Gasteiger partial charge in [0.2, 0.25) is 0 Å². The molecular formula is C17H18N2O3S. The van der Waals surface area contributed by atoms with Gasteiger partial charge in [-0.2, -0.15) is 0 Å². The van der Waals surface area contributed by atoms with E-state index in [0.29, 0.717) is 0 Å². The van der Waals surface area contributed by atoms with Gasteiger partial charge in [-0.05, 0) is 43.7 Å². The fourth-order valence-electron chi connectivity index (χ4n) is 3.29. The maximum atomic E-state index is 11.7. The number of benzene rings is 1. The minimum absolute atomic E-state index is 0.0947. The molecule has 120 valence electrons. The van der Waals surface area contributed by atoms with Crippen LogP contribution in [0.25, 0.3) is 11.4 Å². The second-order valence-corrected chi connectivity index (χ2v) is 8.68. The summed E-state index contributed by atoms with van der Waals surface area (Å²) in [5.74, 6) is 1.79. The summed E-state index contributed by atoms with van der Waals surface area (Å²) in [5, 5.41) is 1.29. The predicted octanol–water partition coefficient (Wildman–Crippen LogP) is 2.75. The van der Waals surface area contributed by atoms with Crippen molar-refractivity contribution in [1.82, 2.24) is 9.55 Å². The Morgan fingerprint density at radius 1 is 1.35 bits per heavy atom. The molecular weight excluding hydrogens is 312 g/mol. The molecule has 0 amide bonds. The first-order valence-electron chi connectivity index (χ1n) is 7.59. The summed E-state index contributed by atoms with van der Waals surface area (Å²) in [7, 11) is -3.09. The summed E-state index contributed by atoms with van der Waals surface area (Å²) < 4.78 is 31.2. The molecule has 0 saturated heterocycles. The van der Waals surface area contributed by atoms with Crippen LogP contribution in [-0.4, -0.2) is 29.3 Å². The summed E-state index contributed by atoms with van der Waals surface area (Å²) in [4.78, 5) is 4.43. The molecule has 2 aromatic rings. The van der Waals surface area contributed by atoms with Crippen molar-refractivity contribution in [2.45, 2.75) is 31.9 Å². The number of aromatic nitrogens is 2. The molecule has 0 saturated carbocycles. The predicted molar refractivity (Wildman–Crippen MR) is 88.0 cm³/mol. The van der Waals surface area contributed by atoms with Gasteiger partial charge >= 0.3 is 0 Å². The second-order valence-electron chi connectivity index (χ2n) is 6.74. The summed E-state index contributed by atoms with van der Waals surface area (Å²) in [6.45, 7) is 4.14. The van der Waals surface area contributed by atoms with Crippen LogP contribution in [0.2, 0.25) is 0 Å². The highest BCUT2D eigenvalue weighted by molar-refractivity contribution is 7.94. The molecule has 0 radical (unpaired) electrons. The van der Waals surface area contributed by atoms with Crippen LogP contribution < -0.4 is 4.74 Å². The van der Waals surface area contributed by atoms with E-state index in [9.17, 15) is 8.42 Å². The lowest BCUT2D eigenvalue weighted by Crippen LogP contribution is -2.24. The van der Waals surface area contributed by atoms with E-state index in [1.807, 2.05) is 22.9 Å². The Bertz CT molecular complexity index is 910. The van der Waals surface area contributed by atoms with Crippen molar-refractivity contribution in [3.63, 3.8) is 0 Å². The van der Waals surface area contributed by atoms with Crippen molar-refractivity contribution in [3.05, 3.63) is 47.6 Å². The molecule has 0 spiro atoms. The summed E-state index contributed by atoms with van der Waals surface area (Å²) in [6.07, 6.45) is 6.12. The number of fused-ring (bicyclic) bond motifs is 1. The van der Waals surface area contributed by atoms with E-state index in [0.717, 1.165) is 29.1 Å². The molecule has 23 heavy (non-hydrogen) atoms. The average Bonchev–Trinajstić information content (AvgIpc) is 3.12. The van der Waals surface area contributed by atoms with Crippen LogP contribution in [-0.2, 0) is 16.3 Å². The van der Waals surface area contributed by atoms with Gasteiger partial charge in [0.1, 0.15) is 17.2 Å². The molecule has 1 atom stereocenters. The second kappa shape index (κ2) is 4.71. The standard InChI is InChI=1S/C17H18N2O3S/c1-17(2)10-13-9-12(3-4-15(13)22-17)16-18-6-7-19(16)14-5-8-23(20,21)11-14/h3-9,14H,10-11H2,1-2H3/t14-/m1/s1. The number of nitrogens with zero attached hydrogens (tertiary/aromatic N) is 2. The van der Waals surface area contributed by atoms with Gasteiger partial charge in [0, 0.05) is 29.8 Å². The van der Waals surface area contributed by atoms with Gasteiger partial charge in [-0.3, -0.25) is 0 Å². The third-order valence-corrected chi connectivity index (χ3v) is 5.64. The quantitative estimate of drug-likeness (QED) is 0.849. The fourth-order valence-corrected chi connectivity index (χ4v) is 4.57. The molecule has 5 nitrogen and oxygen atoms in total. The molecule has 1 aromatic carbocycles. The van der Waals surface area contributed by atoms with E-state index in [1.54, 1.807) is 12.3 Å². The van der Waals surface area contributed by atoms with Crippen molar-refractivity contribution in [1.29, 1.82) is 0 Å². The lowest BCUT2D eigenvalue weighted by atomic mass is 10.00. The van der Waals surface area contributed by atoms with Crippen LogP contribution in [0.15, 0.2) is 42.1 Å². The molecule has 4 rings (SSSR count). The van der Waals surface area contributed by atoms with Crippen molar-refractivity contribution >= 4 is 9.84 Å². The van der Waals surface area contributed by atoms with E-state index < -0.39 is 9.84 Å². The summed E-state index contributed by atoms with van der Waals surface area (Å²) >= 11 is 0. The van der Waals surface area contributed by atoms with Gasteiger partial charge in [-0.1, -0.05) is 0 Å². The Kier molecular flexibility index (Phi) is 2.97. The highest BCUT2D eigenvalue weighted by Crippen LogP contribution is 2.37. The smallest absolute Gasteiger partial charge is 0.173 e. The molecule has 3 heterocycles. The first kappa shape index (κ1) is 14.5. The zero-order valence-corrected chi connectivity index (χ0v) is 13.9. The Balaban J connectivity index is 1.72. The lowest BCUT2D eigenvalue weighted by molar-refractivity contribution is 0.138.